The van der Waals surface area contributed by atoms with Gasteiger partial charge in [0.05, 0.1) is 6.04 Å². The molecule has 1 atom stereocenters. The molecule has 0 aliphatic carbocycles. The van der Waals surface area contributed by atoms with Gasteiger partial charge in [-0.3, -0.25) is 0 Å². The summed E-state index contributed by atoms with van der Waals surface area (Å²) in [6.45, 7) is 0. The van der Waals surface area contributed by atoms with Gasteiger partial charge in [0.2, 0.25) is 0 Å². The van der Waals surface area contributed by atoms with Crippen LogP contribution in [0.15, 0.2) is 18.3 Å². The van der Waals surface area contributed by atoms with Gasteiger partial charge in [-0.1, -0.05) is 17.7 Å². The summed E-state index contributed by atoms with van der Waals surface area (Å²) in [6.07, 6.45) is -0.986. The highest BCUT2D eigenvalue weighted by molar-refractivity contribution is 6.30. The van der Waals surface area contributed by atoms with Gasteiger partial charge in [-0.15, -0.1) is 0 Å². The second-order valence-electron chi connectivity index (χ2n) is 2.66. The third-order valence-corrected chi connectivity index (χ3v) is 1.96. The van der Waals surface area contributed by atoms with Crippen LogP contribution in [0.1, 0.15) is 5.56 Å². The molecule has 2 N–H and O–H groups in total. The Bertz CT molecular complexity index is 281. The SMILES string of the molecule is NC(Cc1cccnc1Cl)C(F)F. The Kier molecular flexibility index (Phi) is 3.57. The normalized spacial score (nSPS) is 13.3. The molecular weight excluding hydrogens is 198 g/mol. The molecule has 0 saturated carbocycles. The molecule has 72 valence electrons. The van der Waals surface area contributed by atoms with Crippen molar-refractivity contribution < 1.29 is 8.78 Å². The van der Waals surface area contributed by atoms with E-state index in [0.717, 1.165) is 0 Å². The molecule has 0 bridgehead atoms. The van der Waals surface area contributed by atoms with E-state index in [0.29, 0.717) is 5.56 Å². The molecule has 0 amide bonds. The number of halogens is 3. The molecule has 2 nitrogen and oxygen atoms in total. The van der Waals surface area contributed by atoms with E-state index in [1.807, 2.05) is 0 Å². The van der Waals surface area contributed by atoms with Crippen LogP contribution in [0.2, 0.25) is 5.15 Å². The Morgan fingerprint density at radius 3 is 2.77 bits per heavy atom. The first kappa shape index (κ1) is 10.3. The molecular formula is C8H9ClF2N2. The average molecular weight is 207 g/mol. The first-order valence-electron chi connectivity index (χ1n) is 3.74. The minimum atomic E-state index is -2.53. The molecule has 5 heteroatoms. The molecule has 0 aromatic carbocycles. The van der Waals surface area contributed by atoms with Crippen LogP contribution in [-0.2, 0) is 6.42 Å². The first-order chi connectivity index (χ1) is 6.11. The first-order valence-corrected chi connectivity index (χ1v) is 4.12. The van der Waals surface area contributed by atoms with Crippen LogP contribution in [0.4, 0.5) is 8.78 Å². The summed E-state index contributed by atoms with van der Waals surface area (Å²) < 4.78 is 24.1. The highest BCUT2D eigenvalue weighted by Gasteiger charge is 2.16. The van der Waals surface area contributed by atoms with Crippen molar-refractivity contribution in [3.05, 3.63) is 29.0 Å². The van der Waals surface area contributed by atoms with E-state index in [9.17, 15) is 8.78 Å². The molecule has 0 aliphatic heterocycles. The minimum absolute atomic E-state index is 0.0460. The quantitative estimate of drug-likeness (QED) is 0.767. The topological polar surface area (TPSA) is 38.9 Å². The van der Waals surface area contributed by atoms with E-state index in [2.05, 4.69) is 4.98 Å². The molecule has 0 fully saturated rings. The van der Waals surface area contributed by atoms with Gasteiger partial charge < -0.3 is 5.73 Å². The lowest BCUT2D eigenvalue weighted by molar-refractivity contribution is 0.116. The van der Waals surface area contributed by atoms with Crippen molar-refractivity contribution in [3.8, 4) is 0 Å². The van der Waals surface area contributed by atoms with Crippen LogP contribution < -0.4 is 5.73 Å². The van der Waals surface area contributed by atoms with Crippen LogP contribution in [0.3, 0.4) is 0 Å². The molecule has 0 spiro atoms. The van der Waals surface area contributed by atoms with Crippen molar-refractivity contribution in [3.63, 3.8) is 0 Å². The summed E-state index contributed by atoms with van der Waals surface area (Å²) in [5, 5.41) is 0.235. The van der Waals surface area contributed by atoms with E-state index in [1.165, 1.54) is 6.20 Å². The Balaban J connectivity index is 2.69. The minimum Gasteiger partial charge on any atom is -0.323 e. The molecule has 0 aliphatic rings. The smallest absolute Gasteiger partial charge is 0.253 e. The lowest BCUT2D eigenvalue weighted by Gasteiger charge is -2.10. The molecule has 1 rings (SSSR count). The Hall–Kier alpha value is -0.740. The van der Waals surface area contributed by atoms with Crippen molar-refractivity contribution >= 4 is 11.6 Å². The third-order valence-electron chi connectivity index (χ3n) is 1.62. The zero-order chi connectivity index (χ0) is 9.84. The van der Waals surface area contributed by atoms with Crippen LogP contribution in [0.5, 0.6) is 0 Å². The Morgan fingerprint density at radius 2 is 2.23 bits per heavy atom. The average Bonchev–Trinajstić information content (AvgIpc) is 2.08. The van der Waals surface area contributed by atoms with Crippen molar-refractivity contribution in [1.82, 2.24) is 4.98 Å². The van der Waals surface area contributed by atoms with E-state index in [4.69, 9.17) is 17.3 Å². The fourth-order valence-electron chi connectivity index (χ4n) is 0.915. The number of nitrogens with zero attached hydrogens (tertiary/aromatic N) is 1. The van der Waals surface area contributed by atoms with E-state index >= 15 is 0 Å². The van der Waals surface area contributed by atoms with Gasteiger partial charge in [0.1, 0.15) is 5.15 Å². The zero-order valence-corrected chi connectivity index (χ0v) is 7.51. The van der Waals surface area contributed by atoms with Crippen LogP contribution in [-0.4, -0.2) is 17.5 Å². The monoisotopic (exact) mass is 206 g/mol. The van der Waals surface area contributed by atoms with Gasteiger partial charge in [0.15, 0.2) is 0 Å². The van der Waals surface area contributed by atoms with E-state index in [-0.39, 0.29) is 11.6 Å². The number of hydrogen-bond acceptors (Lipinski definition) is 2. The predicted molar refractivity (Wildman–Crippen MR) is 46.9 cm³/mol. The van der Waals surface area contributed by atoms with Gasteiger partial charge in [0.25, 0.3) is 6.43 Å². The van der Waals surface area contributed by atoms with Gasteiger partial charge in [-0.2, -0.15) is 0 Å². The standard InChI is InChI=1S/C8H9ClF2N2/c9-7-5(2-1-3-13-7)4-6(12)8(10)11/h1-3,6,8H,4,12H2. The highest BCUT2D eigenvalue weighted by atomic mass is 35.5. The largest absolute Gasteiger partial charge is 0.323 e. The molecule has 0 radical (unpaired) electrons. The second kappa shape index (κ2) is 4.48. The van der Waals surface area contributed by atoms with Gasteiger partial charge >= 0.3 is 0 Å². The van der Waals surface area contributed by atoms with Crippen molar-refractivity contribution in [1.29, 1.82) is 0 Å². The number of aromatic nitrogens is 1. The molecule has 0 saturated heterocycles. The number of hydrogen-bond donors (Lipinski definition) is 1. The summed E-state index contributed by atoms with van der Waals surface area (Å²) >= 11 is 5.66. The fraction of sp³-hybridized carbons (Fsp3) is 0.375. The fourth-order valence-corrected chi connectivity index (χ4v) is 1.11. The number of alkyl halides is 2. The van der Waals surface area contributed by atoms with Crippen molar-refractivity contribution in [2.45, 2.75) is 18.9 Å². The lowest BCUT2D eigenvalue weighted by Crippen LogP contribution is -2.31. The summed E-state index contributed by atoms with van der Waals surface area (Å²) in [5.74, 6) is 0. The molecule has 1 aromatic heterocycles. The maximum absolute atomic E-state index is 12.1. The van der Waals surface area contributed by atoms with Gasteiger partial charge in [0, 0.05) is 6.20 Å². The molecule has 1 heterocycles. The molecule has 1 aromatic rings. The maximum Gasteiger partial charge on any atom is 0.253 e. The lowest BCUT2D eigenvalue weighted by atomic mass is 10.1. The van der Waals surface area contributed by atoms with Crippen molar-refractivity contribution in [2.24, 2.45) is 5.73 Å². The number of pyridine rings is 1. The highest BCUT2D eigenvalue weighted by Crippen LogP contribution is 2.15. The summed E-state index contributed by atoms with van der Waals surface area (Å²) in [7, 11) is 0. The van der Waals surface area contributed by atoms with Crippen LogP contribution in [0, 0.1) is 0 Å². The predicted octanol–water partition coefficient (Wildman–Crippen LogP) is 1.87. The second-order valence-corrected chi connectivity index (χ2v) is 3.01. The van der Waals surface area contributed by atoms with Crippen LogP contribution in [0.25, 0.3) is 0 Å². The summed E-state index contributed by atoms with van der Waals surface area (Å²) in [6, 6.07) is 2.10. The van der Waals surface area contributed by atoms with Crippen molar-refractivity contribution in [2.75, 3.05) is 0 Å². The van der Waals surface area contributed by atoms with Gasteiger partial charge in [-0.05, 0) is 18.1 Å². The third kappa shape index (κ3) is 2.90. The number of nitrogens with two attached hydrogens (primary N) is 1. The van der Waals surface area contributed by atoms with E-state index < -0.39 is 12.5 Å². The summed E-state index contributed by atoms with van der Waals surface area (Å²) in [4.78, 5) is 3.76. The Labute approximate surface area is 79.7 Å². The van der Waals surface area contributed by atoms with Gasteiger partial charge in [-0.25, -0.2) is 13.8 Å². The Morgan fingerprint density at radius 1 is 1.54 bits per heavy atom. The maximum atomic E-state index is 12.1. The van der Waals surface area contributed by atoms with E-state index in [1.54, 1.807) is 12.1 Å². The molecule has 1 unspecified atom stereocenters. The zero-order valence-electron chi connectivity index (χ0n) is 6.75. The summed E-state index contributed by atoms with van der Waals surface area (Å²) in [5.41, 5.74) is 5.73. The number of rotatable bonds is 3. The molecule has 13 heavy (non-hydrogen) atoms. The van der Waals surface area contributed by atoms with Crippen LogP contribution >= 0.6 is 11.6 Å².